The molecule has 0 spiro atoms. The predicted molar refractivity (Wildman–Crippen MR) is 54.7 cm³/mol. The third-order valence-corrected chi connectivity index (χ3v) is 4.57. The van der Waals surface area contributed by atoms with Crippen molar-refractivity contribution in [2.45, 2.75) is 24.8 Å². The van der Waals surface area contributed by atoms with Gasteiger partial charge in [-0.1, -0.05) is 12.2 Å². The van der Waals surface area contributed by atoms with Crippen LogP contribution in [0, 0.1) is 0 Å². The van der Waals surface area contributed by atoms with Crippen LogP contribution < -0.4 is 5.32 Å². The average molecular weight is 199 g/mol. The molecule has 0 unspecified atom stereocenters. The molecule has 1 saturated heterocycles. The highest BCUT2D eigenvalue weighted by Gasteiger charge is 2.43. The lowest BCUT2D eigenvalue weighted by atomic mass is 10.1. The van der Waals surface area contributed by atoms with E-state index in [2.05, 4.69) is 16.1 Å². The molecule has 0 radical (unpaired) electrons. The number of hydrogen-bond donors (Lipinski definition) is 2. The number of ether oxygens (including phenoxy) is 1. The number of alkyl carbamates (subject to hydrolysis) is 1. The number of carbonyl (C=O) groups is 1. The minimum atomic E-state index is -0.387. The normalized spacial score (nSPS) is 32.0. The Labute approximate surface area is 80.2 Å². The van der Waals surface area contributed by atoms with E-state index in [-0.39, 0.29) is 28.0 Å². The summed E-state index contributed by atoms with van der Waals surface area (Å²) in [6, 6.07) is 0. The second-order valence-electron chi connectivity index (χ2n) is 3.67. The summed E-state index contributed by atoms with van der Waals surface area (Å²) in [5.74, 6) is 0. The standard InChI is InChI=1S/C9H13NO2S/c1-9(2)7(10-8(11)12-9)13-5-3-4-6-13/h3-7,13H,1-2H3,(H,10,11)/t7-/m1/s1. The monoisotopic (exact) mass is 199 g/mol. The molecule has 4 heteroatoms. The highest BCUT2D eigenvalue weighted by atomic mass is 32.2. The molecule has 1 atom stereocenters. The predicted octanol–water partition coefficient (Wildman–Crippen LogP) is 1.87. The van der Waals surface area contributed by atoms with Gasteiger partial charge in [0.2, 0.25) is 0 Å². The van der Waals surface area contributed by atoms with Crippen molar-refractivity contribution in [2.24, 2.45) is 0 Å². The lowest BCUT2D eigenvalue weighted by Gasteiger charge is -2.28. The number of thiol groups is 1. The van der Waals surface area contributed by atoms with E-state index >= 15 is 0 Å². The van der Waals surface area contributed by atoms with E-state index < -0.39 is 0 Å². The highest BCUT2D eigenvalue weighted by Crippen LogP contribution is 2.44. The number of hydrogen-bond acceptors (Lipinski definition) is 2. The molecule has 1 N–H and O–H groups in total. The maximum atomic E-state index is 11.1. The van der Waals surface area contributed by atoms with Gasteiger partial charge in [-0.25, -0.2) is 4.79 Å². The zero-order valence-electron chi connectivity index (χ0n) is 7.65. The van der Waals surface area contributed by atoms with Crippen molar-refractivity contribution in [1.29, 1.82) is 0 Å². The third kappa shape index (κ3) is 1.46. The maximum Gasteiger partial charge on any atom is 0.408 e. The Balaban J connectivity index is 2.19. The molecule has 1 amide bonds. The van der Waals surface area contributed by atoms with Crippen molar-refractivity contribution in [3.63, 3.8) is 0 Å². The van der Waals surface area contributed by atoms with Gasteiger partial charge in [-0.2, -0.15) is 10.9 Å². The summed E-state index contributed by atoms with van der Waals surface area (Å²) < 4.78 is 5.17. The number of cyclic esters (lactones) is 1. The van der Waals surface area contributed by atoms with Crippen molar-refractivity contribution >= 4 is 17.0 Å². The molecule has 72 valence electrons. The largest absolute Gasteiger partial charge is 0.440 e. The summed E-state index contributed by atoms with van der Waals surface area (Å²) in [7, 11) is -0.379. The van der Waals surface area contributed by atoms with Gasteiger partial charge in [0.05, 0.1) is 0 Å². The summed E-state index contributed by atoms with van der Waals surface area (Å²) in [6.07, 6.45) is 3.74. The van der Waals surface area contributed by atoms with Crippen LogP contribution in [0.4, 0.5) is 4.79 Å². The van der Waals surface area contributed by atoms with Crippen LogP contribution in [0.3, 0.4) is 0 Å². The Morgan fingerprint density at radius 1 is 1.46 bits per heavy atom. The first kappa shape index (κ1) is 8.69. The lowest BCUT2D eigenvalue weighted by Crippen LogP contribution is -2.37. The molecule has 0 bridgehead atoms. The van der Waals surface area contributed by atoms with Crippen LogP contribution >= 0.6 is 10.9 Å². The molecular weight excluding hydrogens is 186 g/mol. The molecule has 2 aliphatic heterocycles. The molecular formula is C9H13NO2S. The van der Waals surface area contributed by atoms with Crippen molar-refractivity contribution in [1.82, 2.24) is 5.32 Å². The average Bonchev–Trinajstić information content (AvgIpc) is 2.56. The van der Waals surface area contributed by atoms with Gasteiger partial charge in [0.25, 0.3) is 0 Å². The van der Waals surface area contributed by atoms with E-state index in [1.165, 1.54) is 0 Å². The Bertz CT molecular complexity index is 284. The Hall–Kier alpha value is -0.900. The molecule has 0 aromatic heterocycles. The first-order valence-electron chi connectivity index (χ1n) is 4.21. The van der Waals surface area contributed by atoms with Gasteiger partial charge in [-0.05, 0) is 24.7 Å². The van der Waals surface area contributed by atoms with Crippen LogP contribution in [-0.2, 0) is 4.74 Å². The summed E-state index contributed by atoms with van der Waals surface area (Å²) in [6.45, 7) is 3.88. The lowest BCUT2D eigenvalue weighted by molar-refractivity contribution is 0.0822. The Kier molecular flexibility index (Phi) is 1.87. The number of amides is 1. The van der Waals surface area contributed by atoms with Gasteiger partial charge in [0, 0.05) is 0 Å². The van der Waals surface area contributed by atoms with Crippen LogP contribution in [-0.4, -0.2) is 17.1 Å². The molecule has 0 aromatic rings. The van der Waals surface area contributed by atoms with Crippen LogP contribution in [0.1, 0.15) is 13.8 Å². The minimum Gasteiger partial charge on any atom is -0.440 e. The molecule has 0 saturated carbocycles. The van der Waals surface area contributed by atoms with E-state index in [0.717, 1.165) is 0 Å². The van der Waals surface area contributed by atoms with E-state index in [1.807, 2.05) is 26.0 Å². The van der Waals surface area contributed by atoms with E-state index in [1.54, 1.807) is 0 Å². The van der Waals surface area contributed by atoms with Gasteiger partial charge in [-0.3, -0.25) is 0 Å². The molecule has 1 fully saturated rings. The molecule has 0 aromatic carbocycles. The minimum absolute atomic E-state index is 0.116. The third-order valence-electron chi connectivity index (χ3n) is 2.19. The molecule has 13 heavy (non-hydrogen) atoms. The van der Waals surface area contributed by atoms with Gasteiger partial charge < -0.3 is 10.1 Å². The SMILES string of the molecule is CC1(C)OC(=O)N[C@@H]1[SH]1C=CC=C1. The molecule has 2 heterocycles. The van der Waals surface area contributed by atoms with Gasteiger partial charge in [0.15, 0.2) is 0 Å². The quantitative estimate of drug-likeness (QED) is 0.633. The summed E-state index contributed by atoms with van der Waals surface area (Å²) >= 11 is 0. The van der Waals surface area contributed by atoms with Crippen LogP contribution in [0.25, 0.3) is 0 Å². The fourth-order valence-corrected chi connectivity index (χ4v) is 3.63. The van der Waals surface area contributed by atoms with E-state index in [0.29, 0.717) is 0 Å². The van der Waals surface area contributed by atoms with E-state index in [9.17, 15) is 4.79 Å². The maximum absolute atomic E-state index is 11.1. The molecule has 3 nitrogen and oxygen atoms in total. The molecule has 2 rings (SSSR count). The van der Waals surface area contributed by atoms with Crippen molar-refractivity contribution < 1.29 is 9.53 Å². The Morgan fingerprint density at radius 2 is 2.08 bits per heavy atom. The summed E-state index contributed by atoms with van der Waals surface area (Å²) in [4.78, 5) is 11.1. The molecule has 2 aliphatic rings. The number of nitrogens with one attached hydrogen (secondary N) is 1. The van der Waals surface area contributed by atoms with Crippen molar-refractivity contribution in [2.75, 3.05) is 0 Å². The summed E-state index contributed by atoms with van der Waals surface area (Å²) in [5, 5.41) is 7.24. The Morgan fingerprint density at radius 3 is 2.54 bits per heavy atom. The second-order valence-corrected chi connectivity index (χ2v) is 5.68. The number of rotatable bonds is 1. The summed E-state index contributed by atoms with van der Waals surface area (Å²) in [5.41, 5.74) is -0.387. The first-order chi connectivity index (χ1) is 6.09. The zero-order chi connectivity index (χ0) is 9.47. The topological polar surface area (TPSA) is 38.3 Å². The van der Waals surface area contributed by atoms with Gasteiger partial charge in [0.1, 0.15) is 11.0 Å². The van der Waals surface area contributed by atoms with Crippen molar-refractivity contribution in [3.05, 3.63) is 23.0 Å². The first-order valence-corrected chi connectivity index (χ1v) is 5.76. The zero-order valence-corrected chi connectivity index (χ0v) is 8.54. The molecule has 0 aliphatic carbocycles. The number of allylic oxidation sites excluding steroid dienone is 2. The van der Waals surface area contributed by atoms with Gasteiger partial charge >= 0.3 is 6.09 Å². The van der Waals surface area contributed by atoms with E-state index in [4.69, 9.17) is 4.74 Å². The highest BCUT2D eigenvalue weighted by molar-refractivity contribution is 8.22. The number of carbonyl (C=O) groups excluding carboxylic acids is 1. The fourth-order valence-electron chi connectivity index (χ4n) is 1.56. The fraction of sp³-hybridized carbons (Fsp3) is 0.444. The van der Waals surface area contributed by atoms with Crippen LogP contribution in [0.15, 0.2) is 23.0 Å². The van der Waals surface area contributed by atoms with Crippen molar-refractivity contribution in [3.8, 4) is 0 Å². The van der Waals surface area contributed by atoms with Crippen LogP contribution in [0.2, 0.25) is 0 Å². The van der Waals surface area contributed by atoms with Gasteiger partial charge in [-0.15, -0.1) is 0 Å². The van der Waals surface area contributed by atoms with Crippen LogP contribution in [0.5, 0.6) is 0 Å². The second kappa shape index (κ2) is 2.80. The smallest absolute Gasteiger partial charge is 0.408 e.